The van der Waals surface area contributed by atoms with Gasteiger partial charge in [-0.3, -0.25) is 9.59 Å². The number of β-amino-alcohol motifs (C(OH)–C–C–N with tert-alkyl or cyclic N) is 1. The van der Waals surface area contributed by atoms with Crippen molar-refractivity contribution in [2.75, 3.05) is 13.1 Å². The summed E-state index contributed by atoms with van der Waals surface area (Å²) in [7, 11) is 0. The third-order valence-electron chi connectivity index (χ3n) is 3.88. The minimum absolute atomic E-state index is 0.0108. The Morgan fingerprint density at radius 2 is 1.83 bits per heavy atom. The van der Waals surface area contributed by atoms with Crippen LogP contribution < -0.4 is 5.32 Å². The SMILES string of the molecule is CC(NC(=O)C1CCCCC1)C(=O)N1CC(O)C1. The molecule has 2 amide bonds. The smallest absolute Gasteiger partial charge is 0.245 e. The van der Waals surface area contributed by atoms with Gasteiger partial charge in [0.05, 0.1) is 6.10 Å². The topological polar surface area (TPSA) is 69.6 Å². The van der Waals surface area contributed by atoms with Crippen LogP contribution in [0.4, 0.5) is 0 Å². The standard InChI is InChI=1S/C13H22N2O3/c1-9(13(18)15-7-11(16)8-15)14-12(17)10-5-3-2-4-6-10/h9-11,16H,2-8H2,1H3,(H,14,17). The second kappa shape index (κ2) is 5.69. The van der Waals surface area contributed by atoms with Gasteiger partial charge in [-0.15, -0.1) is 0 Å². The molecule has 2 N–H and O–H groups in total. The molecule has 0 radical (unpaired) electrons. The number of aliphatic hydroxyl groups excluding tert-OH is 1. The summed E-state index contributed by atoms with van der Waals surface area (Å²) in [6.45, 7) is 2.50. The van der Waals surface area contributed by atoms with Crippen LogP contribution in [-0.2, 0) is 9.59 Å². The summed E-state index contributed by atoms with van der Waals surface area (Å²) in [6, 6.07) is -0.480. The molecule has 1 aliphatic heterocycles. The van der Waals surface area contributed by atoms with Crippen molar-refractivity contribution in [3.05, 3.63) is 0 Å². The highest BCUT2D eigenvalue weighted by atomic mass is 16.3. The van der Waals surface area contributed by atoms with E-state index < -0.39 is 12.1 Å². The van der Waals surface area contributed by atoms with Crippen molar-refractivity contribution >= 4 is 11.8 Å². The molecule has 102 valence electrons. The van der Waals surface area contributed by atoms with Gasteiger partial charge in [-0.05, 0) is 19.8 Å². The quantitative estimate of drug-likeness (QED) is 0.760. The number of nitrogens with one attached hydrogen (secondary N) is 1. The van der Waals surface area contributed by atoms with Gasteiger partial charge in [0.25, 0.3) is 0 Å². The van der Waals surface area contributed by atoms with Crippen molar-refractivity contribution in [2.45, 2.75) is 51.2 Å². The van der Waals surface area contributed by atoms with Crippen molar-refractivity contribution < 1.29 is 14.7 Å². The first-order chi connectivity index (χ1) is 8.58. The van der Waals surface area contributed by atoms with E-state index in [2.05, 4.69) is 5.32 Å². The highest BCUT2D eigenvalue weighted by Crippen LogP contribution is 2.23. The van der Waals surface area contributed by atoms with Crippen LogP contribution in [0.5, 0.6) is 0 Å². The second-order valence-corrected chi connectivity index (χ2v) is 5.46. The maximum Gasteiger partial charge on any atom is 0.245 e. The number of nitrogens with zero attached hydrogens (tertiary/aromatic N) is 1. The van der Waals surface area contributed by atoms with Crippen molar-refractivity contribution in [3.63, 3.8) is 0 Å². The van der Waals surface area contributed by atoms with Gasteiger partial charge in [0.1, 0.15) is 6.04 Å². The van der Waals surface area contributed by atoms with Crippen LogP contribution in [0, 0.1) is 5.92 Å². The Morgan fingerprint density at radius 1 is 1.22 bits per heavy atom. The maximum absolute atomic E-state index is 12.0. The van der Waals surface area contributed by atoms with Crippen molar-refractivity contribution in [3.8, 4) is 0 Å². The van der Waals surface area contributed by atoms with Gasteiger partial charge in [-0.25, -0.2) is 0 Å². The monoisotopic (exact) mass is 254 g/mol. The number of carbonyl (C=O) groups is 2. The molecule has 1 unspecified atom stereocenters. The molecular formula is C13H22N2O3. The molecule has 1 heterocycles. The minimum atomic E-state index is -0.480. The van der Waals surface area contributed by atoms with E-state index >= 15 is 0 Å². The third-order valence-corrected chi connectivity index (χ3v) is 3.88. The van der Waals surface area contributed by atoms with Crippen LogP contribution in [0.25, 0.3) is 0 Å². The van der Waals surface area contributed by atoms with E-state index in [1.165, 1.54) is 6.42 Å². The zero-order chi connectivity index (χ0) is 13.1. The molecule has 0 spiro atoms. The molecule has 1 atom stereocenters. The Balaban J connectivity index is 1.77. The highest BCUT2D eigenvalue weighted by molar-refractivity contribution is 5.88. The Kier molecular flexibility index (Phi) is 4.22. The lowest BCUT2D eigenvalue weighted by Crippen LogP contribution is -2.58. The molecule has 2 fully saturated rings. The van der Waals surface area contributed by atoms with E-state index in [1.54, 1.807) is 11.8 Å². The minimum Gasteiger partial charge on any atom is -0.389 e. The fourth-order valence-corrected chi connectivity index (χ4v) is 2.67. The van der Waals surface area contributed by atoms with Gasteiger partial charge < -0.3 is 15.3 Å². The predicted octanol–water partition coefficient (Wildman–Crippen LogP) is 0.274. The molecule has 1 saturated carbocycles. The average molecular weight is 254 g/mol. The fraction of sp³-hybridized carbons (Fsp3) is 0.846. The molecule has 2 aliphatic rings. The fourth-order valence-electron chi connectivity index (χ4n) is 2.67. The zero-order valence-corrected chi connectivity index (χ0v) is 10.9. The molecule has 1 aliphatic carbocycles. The predicted molar refractivity (Wildman–Crippen MR) is 66.8 cm³/mol. The molecule has 0 bridgehead atoms. The molecule has 2 rings (SSSR count). The van der Waals surface area contributed by atoms with E-state index in [9.17, 15) is 9.59 Å². The summed E-state index contributed by atoms with van der Waals surface area (Å²) in [5.74, 6) is -0.00272. The molecule has 18 heavy (non-hydrogen) atoms. The van der Waals surface area contributed by atoms with E-state index in [4.69, 9.17) is 5.11 Å². The Morgan fingerprint density at radius 3 is 2.39 bits per heavy atom. The first-order valence-corrected chi connectivity index (χ1v) is 6.85. The van der Waals surface area contributed by atoms with Crippen molar-refractivity contribution in [1.29, 1.82) is 0 Å². The average Bonchev–Trinajstić information content (AvgIpc) is 2.35. The summed E-state index contributed by atoms with van der Waals surface area (Å²) in [6.07, 6.45) is 4.92. The molecular weight excluding hydrogens is 232 g/mol. The number of likely N-dealkylation sites (tertiary alicyclic amines) is 1. The second-order valence-electron chi connectivity index (χ2n) is 5.46. The Labute approximate surface area is 108 Å². The summed E-state index contributed by atoms with van der Waals surface area (Å²) in [5.41, 5.74) is 0. The van der Waals surface area contributed by atoms with E-state index in [0.717, 1.165) is 25.7 Å². The number of hydrogen-bond acceptors (Lipinski definition) is 3. The number of rotatable bonds is 3. The normalized spacial score (nSPS) is 23.3. The number of hydrogen-bond donors (Lipinski definition) is 2. The molecule has 0 aromatic rings. The number of carbonyl (C=O) groups excluding carboxylic acids is 2. The van der Waals surface area contributed by atoms with E-state index in [0.29, 0.717) is 13.1 Å². The van der Waals surface area contributed by atoms with Crippen molar-refractivity contribution in [2.24, 2.45) is 5.92 Å². The van der Waals surface area contributed by atoms with Gasteiger partial charge in [-0.2, -0.15) is 0 Å². The van der Waals surface area contributed by atoms with Gasteiger partial charge in [0.2, 0.25) is 11.8 Å². The van der Waals surface area contributed by atoms with Gasteiger partial charge in [0.15, 0.2) is 0 Å². The molecule has 1 saturated heterocycles. The first kappa shape index (κ1) is 13.3. The lowest BCUT2D eigenvalue weighted by atomic mass is 9.88. The Bertz CT molecular complexity index is 320. The van der Waals surface area contributed by atoms with Gasteiger partial charge in [-0.1, -0.05) is 19.3 Å². The van der Waals surface area contributed by atoms with Crippen molar-refractivity contribution in [1.82, 2.24) is 10.2 Å². The summed E-state index contributed by atoms with van der Waals surface area (Å²) >= 11 is 0. The maximum atomic E-state index is 12.0. The summed E-state index contributed by atoms with van der Waals surface area (Å²) in [4.78, 5) is 25.4. The van der Waals surface area contributed by atoms with Crippen LogP contribution in [0.2, 0.25) is 0 Å². The third kappa shape index (κ3) is 3.02. The lowest BCUT2D eigenvalue weighted by Gasteiger charge is -2.37. The lowest BCUT2D eigenvalue weighted by molar-refractivity contribution is -0.145. The number of aliphatic hydroxyl groups is 1. The van der Waals surface area contributed by atoms with E-state index in [1.807, 2.05) is 0 Å². The molecule has 0 aromatic carbocycles. The van der Waals surface area contributed by atoms with Gasteiger partial charge in [0, 0.05) is 19.0 Å². The van der Waals surface area contributed by atoms with Gasteiger partial charge >= 0.3 is 0 Å². The van der Waals surface area contributed by atoms with Crippen LogP contribution in [0.3, 0.4) is 0 Å². The highest BCUT2D eigenvalue weighted by Gasteiger charge is 2.33. The first-order valence-electron chi connectivity index (χ1n) is 6.85. The molecule has 5 heteroatoms. The van der Waals surface area contributed by atoms with Crippen LogP contribution >= 0.6 is 0 Å². The van der Waals surface area contributed by atoms with E-state index in [-0.39, 0.29) is 17.7 Å². The summed E-state index contributed by atoms with van der Waals surface area (Å²) < 4.78 is 0. The van der Waals surface area contributed by atoms with Crippen LogP contribution in [-0.4, -0.2) is 47.1 Å². The molecule has 5 nitrogen and oxygen atoms in total. The van der Waals surface area contributed by atoms with Crippen LogP contribution in [0.1, 0.15) is 39.0 Å². The van der Waals surface area contributed by atoms with Crippen LogP contribution in [0.15, 0.2) is 0 Å². The molecule has 0 aromatic heterocycles. The zero-order valence-electron chi connectivity index (χ0n) is 10.9. The summed E-state index contributed by atoms with van der Waals surface area (Å²) in [5, 5.41) is 12.0. The number of amides is 2. The Hall–Kier alpha value is -1.10. The largest absolute Gasteiger partial charge is 0.389 e.